The third-order valence-electron chi connectivity index (χ3n) is 3.81. The largest absolute Gasteiger partial charge is 0.343 e. The van der Waals surface area contributed by atoms with Gasteiger partial charge in [0.15, 0.2) is 0 Å². The molecular formula is C13H24N2OS. The first-order valence-corrected chi connectivity index (χ1v) is 7.95. The zero-order chi connectivity index (χ0) is 12.1. The molecule has 4 heteroatoms. The Labute approximate surface area is 109 Å². The molecule has 1 amide bonds. The van der Waals surface area contributed by atoms with Crippen molar-refractivity contribution in [2.45, 2.75) is 50.3 Å². The van der Waals surface area contributed by atoms with Gasteiger partial charge in [0.05, 0.1) is 0 Å². The minimum Gasteiger partial charge on any atom is -0.343 e. The quantitative estimate of drug-likeness (QED) is 0.833. The second-order valence-electron chi connectivity index (χ2n) is 5.12. The maximum Gasteiger partial charge on any atom is 0.223 e. The molecule has 0 saturated carbocycles. The van der Waals surface area contributed by atoms with Gasteiger partial charge in [-0.25, -0.2) is 0 Å². The molecule has 98 valence electrons. The third-order valence-corrected chi connectivity index (χ3v) is 5.19. The van der Waals surface area contributed by atoms with Crippen LogP contribution in [0.15, 0.2) is 0 Å². The molecular weight excluding hydrogens is 232 g/mol. The number of carbonyl (C=O) groups is 1. The van der Waals surface area contributed by atoms with Crippen LogP contribution in [0.3, 0.4) is 0 Å². The van der Waals surface area contributed by atoms with Crippen molar-refractivity contribution in [1.29, 1.82) is 0 Å². The smallest absolute Gasteiger partial charge is 0.223 e. The first-order valence-electron chi connectivity index (χ1n) is 6.90. The number of thioether (sulfide) groups is 1. The Hall–Kier alpha value is -0.220. The Morgan fingerprint density at radius 3 is 2.82 bits per heavy atom. The molecule has 0 aromatic rings. The normalized spacial score (nSPS) is 29.6. The summed E-state index contributed by atoms with van der Waals surface area (Å²) in [4.78, 5) is 13.9. The average molecular weight is 256 g/mol. The van der Waals surface area contributed by atoms with Crippen LogP contribution in [0.25, 0.3) is 0 Å². The zero-order valence-electron chi connectivity index (χ0n) is 10.8. The van der Waals surface area contributed by atoms with Crippen molar-refractivity contribution in [3.05, 3.63) is 0 Å². The van der Waals surface area contributed by atoms with Crippen LogP contribution in [-0.2, 0) is 4.79 Å². The highest BCUT2D eigenvalue weighted by molar-refractivity contribution is 7.99. The van der Waals surface area contributed by atoms with Crippen LogP contribution in [0.4, 0.5) is 0 Å². The van der Waals surface area contributed by atoms with E-state index in [1.165, 1.54) is 31.4 Å². The maximum atomic E-state index is 11.8. The number of likely N-dealkylation sites (tertiary alicyclic amines) is 1. The first kappa shape index (κ1) is 13.2. The molecule has 0 bridgehead atoms. The zero-order valence-corrected chi connectivity index (χ0v) is 11.6. The molecule has 0 aromatic carbocycles. The van der Waals surface area contributed by atoms with Gasteiger partial charge in [-0.05, 0) is 31.4 Å². The molecule has 0 radical (unpaired) electrons. The van der Waals surface area contributed by atoms with E-state index >= 15 is 0 Å². The highest BCUT2D eigenvalue weighted by Crippen LogP contribution is 2.24. The Kier molecular flexibility index (Phi) is 5.16. The third kappa shape index (κ3) is 3.88. The molecule has 2 rings (SSSR count). The fourth-order valence-electron chi connectivity index (χ4n) is 2.68. The second-order valence-corrected chi connectivity index (χ2v) is 6.60. The van der Waals surface area contributed by atoms with Crippen LogP contribution in [0.5, 0.6) is 0 Å². The van der Waals surface area contributed by atoms with Gasteiger partial charge in [-0.3, -0.25) is 4.79 Å². The maximum absolute atomic E-state index is 11.8. The van der Waals surface area contributed by atoms with Gasteiger partial charge in [-0.1, -0.05) is 6.92 Å². The van der Waals surface area contributed by atoms with Gasteiger partial charge in [-0.15, -0.1) is 0 Å². The predicted octanol–water partition coefficient (Wildman–Crippen LogP) is 1.87. The fourth-order valence-corrected chi connectivity index (χ4v) is 3.85. The number of amides is 1. The lowest BCUT2D eigenvalue weighted by atomic mass is 10.1. The van der Waals surface area contributed by atoms with Crippen molar-refractivity contribution in [2.24, 2.45) is 0 Å². The number of hydrogen-bond acceptors (Lipinski definition) is 3. The van der Waals surface area contributed by atoms with E-state index in [1.807, 2.05) is 4.90 Å². The fraction of sp³-hybridized carbons (Fsp3) is 0.923. The number of carbonyl (C=O) groups excluding carboxylic acids is 1. The van der Waals surface area contributed by atoms with Gasteiger partial charge in [0, 0.05) is 37.3 Å². The molecule has 2 fully saturated rings. The highest BCUT2D eigenvalue weighted by atomic mass is 32.2. The summed E-state index contributed by atoms with van der Waals surface area (Å²) < 4.78 is 0. The summed E-state index contributed by atoms with van der Waals surface area (Å²) in [6, 6.07) is 0.611. The van der Waals surface area contributed by atoms with Crippen LogP contribution in [0, 0.1) is 0 Å². The minimum absolute atomic E-state index is 0.339. The van der Waals surface area contributed by atoms with Gasteiger partial charge in [-0.2, -0.15) is 11.8 Å². The summed E-state index contributed by atoms with van der Waals surface area (Å²) in [6.45, 7) is 5.11. The lowest BCUT2D eigenvalue weighted by Gasteiger charge is -2.29. The van der Waals surface area contributed by atoms with Crippen molar-refractivity contribution in [3.63, 3.8) is 0 Å². The van der Waals surface area contributed by atoms with Crippen molar-refractivity contribution in [1.82, 2.24) is 10.2 Å². The van der Waals surface area contributed by atoms with Crippen LogP contribution in [-0.4, -0.2) is 47.5 Å². The predicted molar refractivity (Wildman–Crippen MR) is 73.4 cm³/mol. The monoisotopic (exact) mass is 256 g/mol. The van der Waals surface area contributed by atoms with Gasteiger partial charge in [0.25, 0.3) is 0 Å². The second kappa shape index (κ2) is 6.64. The van der Waals surface area contributed by atoms with Crippen molar-refractivity contribution < 1.29 is 4.79 Å². The average Bonchev–Trinajstić information content (AvgIpc) is 2.85. The molecule has 17 heavy (non-hydrogen) atoms. The van der Waals surface area contributed by atoms with Gasteiger partial charge >= 0.3 is 0 Å². The molecule has 0 aliphatic carbocycles. The SMILES string of the molecule is CC1SCCCC1NCCC(=O)N1CCCC1. The van der Waals surface area contributed by atoms with Gasteiger partial charge in [0.1, 0.15) is 0 Å². The molecule has 0 aromatic heterocycles. The Balaban J connectivity index is 1.63. The summed E-state index contributed by atoms with van der Waals surface area (Å²) >= 11 is 2.05. The van der Waals surface area contributed by atoms with E-state index < -0.39 is 0 Å². The van der Waals surface area contributed by atoms with E-state index in [0.29, 0.717) is 23.6 Å². The summed E-state index contributed by atoms with van der Waals surface area (Å²) in [5.74, 6) is 1.64. The summed E-state index contributed by atoms with van der Waals surface area (Å²) in [5.41, 5.74) is 0. The van der Waals surface area contributed by atoms with Crippen LogP contribution in [0.2, 0.25) is 0 Å². The molecule has 2 unspecified atom stereocenters. The molecule has 1 N–H and O–H groups in total. The number of nitrogens with one attached hydrogen (secondary N) is 1. The van der Waals surface area contributed by atoms with E-state index in [1.54, 1.807) is 0 Å². The number of rotatable bonds is 4. The summed E-state index contributed by atoms with van der Waals surface area (Å²) in [5, 5.41) is 4.26. The van der Waals surface area contributed by atoms with E-state index in [0.717, 1.165) is 19.6 Å². The molecule has 2 aliphatic rings. The van der Waals surface area contributed by atoms with E-state index in [4.69, 9.17) is 0 Å². The molecule has 2 aliphatic heterocycles. The molecule has 2 heterocycles. The molecule has 2 atom stereocenters. The molecule has 0 spiro atoms. The molecule has 2 saturated heterocycles. The van der Waals surface area contributed by atoms with E-state index in [-0.39, 0.29) is 0 Å². The van der Waals surface area contributed by atoms with Crippen molar-refractivity contribution in [3.8, 4) is 0 Å². The van der Waals surface area contributed by atoms with Gasteiger partial charge in [0.2, 0.25) is 5.91 Å². The Morgan fingerprint density at radius 2 is 2.12 bits per heavy atom. The van der Waals surface area contributed by atoms with Crippen LogP contribution >= 0.6 is 11.8 Å². The highest BCUT2D eigenvalue weighted by Gasteiger charge is 2.22. The first-order chi connectivity index (χ1) is 8.27. The minimum atomic E-state index is 0.339. The lowest BCUT2D eigenvalue weighted by Crippen LogP contribution is -2.41. The van der Waals surface area contributed by atoms with E-state index in [9.17, 15) is 4.79 Å². The topological polar surface area (TPSA) is 32.3 Å². The number of hydrogen-bond donors (Lipinski definition) is 1. The van der Waals surface area contributed by atoms with Crippen LogP contribution < -0.4 is 5.32 Å². The summed E-state index contributed by atoms with van der Waals surface area (Å²) in [6.07, 6.45) is 5.64. The lowest BCUT2D eigenvalue weighted by molar-refractivity contribution is -0.130. The van der Waals surface area contributed by atoms with Gasteiger partial charge < -0.3 is 10.2 Å². The Bertz CT molecular complexity index is 254. The van der Waals surface area contributed by atoms with Crippen molar-refractivity contribution in [2.75, 3.05) is 25.4 Å². The molecule has 3 nitrogen and oxygen atoms in total. The Morgan fingerprint density at radius 1 is 1.35 bits per heavy atom. The standard InChI is InChI=1S/C13H24N2OS/c1-11-12(5-4-10-17-11)14-7-6-13(16)15-8-2-3-9-15/h11-12,14H,2-10H2,1H3. The van der Waals surface area contributed by atoms with Crippen molar-refractivity contribution >= 4 is 17.7 Å². The number of nitrogens with zero attached hydrogens (tertiary/aromatic N) is 1. The van der Waals surface area contributed by atoms with E-state index in [2.05, 4.69) is 24.0 Å². The summed E-state index contributed by atoms with van der Waals surface area (Å²) in [7, 11) is 0. The van der Waals surface area contributed by atoms with Crippen LogP contribution in [0.1, 0.15) is 39.0 Å².